The van der Waals surface area contributed by atoms with Gasteiger partial charge >= 0.3 is 0 Å². The maximum atomic E-state index is 5.47. The summed E-state index contributed by atoms with van der Waals surface area (Å²) in [6.07, 6.45) is 20.0. The van der Waals surface area contributed by atoms with E-state index in [4.69, 9.17) is 47.5 Å². The van der Waals surface area contributed by atoms with Gasteiger partial charge in [-0.25, -0.2) is 24.9 Å². The largest absolute Gasteiger partial charge is 0.361 e. The van der Waals surface area contributed by atoms with Gasteiger partial charge in [-0.3, -0.25) is 9.97 Å². The topological polar surface area (TPSA) is 304 Å². The first-order valence-corrected chi connectivity index (χ1v) is 46.8. The van der Waals surface area contributed by atoms with Crippen molar-refractivity contribution in [2.75, 3.05) is 0 Å². The SMILES string of the molecule is Cc1ccc2ncccc2c1-c1cc(-c2c(C)noc2C)cc2[nH]c(C3CC3)nc12.Cc1ccccc1-c1cc(-c2c(C)noc2C)cc2[nH]c(C3CC3)nc12.Cc1ccccc1-c1cc(-c2c(C)noc2C)cc2[nH]c(C3CC3)nc12.Cc1ccn(C)c1-c1cc(-c2c(C)noc2C)cc2[nH]c(C3CC3)nc12.Cc1ccncc1-c1cc(-c2c(C)noc2C)cc2[nH]c(C3CC3)nc12. The molecule has 0 unspecified atom stereocenters. The highest BCUT2D eigenvalue weighted by Gasteiger charge is 2.35. The zero-order valence-electron chi connectivity index (χ0n) is 78.5. The molecule has 5 aliphatic rings. The summed E-state index contributed by atoms with van der Waals surface area (Å²) in [7, 11) is 2.09. The molecule has 0 aliphatic heterocycles. The van der Waals surface area contributed by atoms with Crippen LogP contribution in [0.3, 0.4) is 0 Å². The van der Waals surface area contributed by atoms with Gasteiger partial charge in [-0.2, -0.15) is 0 Å². The van der Waals surface area contributed by atoms with E-state index in [1.54, 1.807) is 0 Å². The number of nitrogens with one attached hydrogen (secondary N) is 5. The number of aryl methyl sites for hydroxylation is 16. The van der Waals surface area contributed by atoms with E-state index in [9.17, 15) is 0 Å². The van der Waals surface area contributed by atoms with Gasteiger partial charge in [-0.05, 0) is 325 Å². The number of aromatic nitrogens is 18. The molecule has 5 fully saturated rings. The smallest absolute Gasteiger partial charge is 0.141 e. The van der Waals surface area contributed by atoms with Crippen LogP contribution in [-0.2, 0) is 7.05 Å². The molecule has 23 heteroatoms. The van der Waals surface area contributed by atoms with Gasteiger partial charge < -0.3 is 52.1 Å². The highest BCUT2D eigenvalue weighted by Crippen LogP contribution is 2.50. The Bertz CT molecular complexity index is 7630. The Balaban J connectivity index is 0.0000000976. The van der Waals surface area contributed by atoms with Crippen molar-refractivity contribution in [1.29, 1.82) is 0 Å². The number of aromatic amines is 5. The number of nitrogens with zero attached hydrogens (tertiary/aromatic N) is 13. The van der Waals surface area contributed by atoms with Crippen LogP contribution in [0.25, 0.3) is 177 Å². The van der Waals surface area contributed by atoms with Crippen molar-refractivity contribution in [3.8, 4) is 111 Å². The van der Waals surface area contributed by atoms with Crippen molar-refractivity contribution in [1.82, 2.24) is 90.2 Å². The minimum Gasteiger partial charge on any atom is -0.361 e. The number of imidazole rings is 5. The summed E-state index contributed by atoms with van der Waals surface area (Å²) >= 11 is 0. The molecule has 0 radical (unpaired) electrons. The monoisotopic (exact) mass is 1770 g/mol. The molecule has 134 heavy (non-hydrogen) atoms. The minimum atomic E-state index is 0.558. The molecule has 23 nitrogen and oxygen atoms in total. The quantitative estimate of drug-likeness (QED) is 0.0637. The van der Waals surface area contributed by atoms with Gasteiger partial charge in [0.1, 0.15) is 57.9 Å². The Hall–Kier alpha value is -15.0. The Morgan fingerprint density at radius 2 is 0.604 bits per heavy atom. The van der Waals surface area contributed by atoms with Crippen LogP contribution in [0.4, 0.5) is 0 Å². The summed E-state index contributed by atoms with van der Waals surface area (Å²) in [4.78, 5) is 51.7. The molecule has 5 aliphatic carbocycles. The molecule has 5 saturated carbocycles. The summed E-state index contributed by atoms with van der Waals surface area (Å²) in [5.41, 5.74) is 44.8. The standard InChI is InChI=1S/C25H22N4O.2C22H21N3O.C21H22N4O.C21H20N4O/c1-13-6-9-20-18(5-4-10-26-20)22(13)19-11-17(23-14(2)29-30-15(23)3)12-21-24(19)28-25(27-21)16-7-8-16;2*1-12-6-4-5-7-17(12)18-10-16(20-13(2)25-26-14(20)3)11-19-21(18)24-22(23-19)15-8-9-15;1-11-7-8-25(4)20(11)16-9-15(18-12(2)24-26-13(18)3)10-17-19(16)23-21(22-17)14-5-6-14;1-11-6-7-22-10-17(11)16-8-15(19-12(2)25-26-13(19)3)9-18-20(16)24-21(23-18)14-4-5-14/h4-6,9-12,16H,7-8H2,1-3H3,(H,27,28);2*4-7,10-11,15H,8-9H2,1-3H3,(H,23,24);7-10,14H,5-6H2,1-4H3,(H,22,23);6-10,14H,4-5H2,1-3H3,(H,23,24). The van der Waals surface area contributed by atoms with E-state index in [2.05, 4.69) is 247 Å². The number of H-pyrrole nitrogens is 5. The molecule has 26 rings (SSSR count). The van der Waals surface area contributed by atoms with Crippen LogP contribution >= 0.6 is 0 Å². The van der Waals surface area contributed by atoms with Crippen molar-refractivity contribution < 1.29 is 22.6 Å². The van der Waals surface area contributed by atoms with Gasteiger partial charge in [0.2, 0.25) is 0 Å². The second-order valence-corrected chi connectivity index (χ2v) is 37.7. The lowest BCUT2D eigenvalue weighted by atomic mass is 9.92. The highest BCUT2D eigenvalue weighted by atomic mass is 16.5. The van der Waals surface area contributed by atoms with Gasteiger partial charge in [-0.15, -0.1) is 0 Å². The third kappa shape index (κ3) is 15.9. The van der Waals surface area contributed by atoms with Crippen molar-refractivity contribution in [3.63, 3.8) is 0 Å². The Labute approximate surface area is 774 Å². The zero-order chi connectivity index (χ0) is 91.9. The molecule has 0 atom stereocenters. The molecule has 13 aromatic heterocycles. The van der Waals surface area contributed by atoms with Crippen LogP contribution in [0.1, 0.15) is 208 Å². The lowest BCUT2D eigenvalue weighted by Crippen LogP contribution is -1.94. The van der Waals surface area contributed by atoms with Gasteiger partial charge in [0.15, 0.2) is 0 Å². The van der Waals surface area contributed by atoms with Gasteiger partial charge in [0.25, 0.3) is 0 Å². The summed E-state index contributed by atoms with van der Waals surface area (Å²) in [5, 5.41) is 21.8. The van der Waals surface area contributed by atoms with E-state index in [0.29, 0.717) is 29.6 Å². The second-order valence-electron chi connectivity index (χ2n) is 37.7. The lowest BCUT2D eigenvalue weighted by molar-refractivity contribution is 0.393. The molecular weight excluding hydrogens is 1670 g/mol. The summed E-state index contributed by atoms with van der Waals surface area (Å²) in [5.74, 6) is 12.6. The number of hydrogen-bond acceptors (Lipinski definition) is 17. The van der Waals surface area contributed by atoms with E-state index in [-0.39, 0.29) is 0 Å². The fourth-order valence-corrected chi connectivity index (χ4v) is 19.8. The van der Waals surface area contributed by atoms with Gasteiger partial charge in [0, 0.05) is 128 Å². The van der Waals surface area contributed by atoms with Crippen molar-refractivity contribution in [2.24, 2.45) is 7.05 Å². The Morgan fingerprint density at radius 3 is 0.925 bits per heavy atom. The van der Waals surface area contributed by atoms with Crippen molar-refractivity contribution >= 4 is 66.1 Å². The predicted octanol–water partition coefficient (Wildman–Crippen LogP) is 27.7. The molecule has 5 N–H and O–H groups in total. The zero-order valence-corrected chi connectivity index (χ0v) is 78.5. The minimum absolute atomic E-state index is 0.558. The number of pyridine rings is 2. The average Bonchev–Trinajstić information content (AvgIpc) is 1.56. The first-order valence-electron chi connectivity index (χ1n) is 46.8. The Morgan fingerprint density at radius 1 is 0.284 bits per heavy atom. The number of fused-ring (bicyclic) bond motifs is 6. The fourth-order valence-electron chi connectivity index (χ4n) is 19.8. The normalized spacial score (nSPS) is 14.3. The molecule has 670 valence electrons. The maximum absolute atomic E-state index is 5.47. The predicted molar refractivity (Wildman–Crippen MR) is 528 cm³/mol. The van der Waals surface area contributed by atoms with Gasteiger partial charge in [0.05, 0.1) is 94.8 Å². The van der Waals surface area contributed by atoms with E-state index in [1.165, 1.54) is 126 Å². The van der Waals surface area contributed by atoms with Crippen LogP contribution in [0, 0.1) is 104 Å². The van der Waals surface area contributed by atoms with Crippen molar-refractivity contribution in [2.45, 2.75) is 198 Å². The maximum Gasteiger partial charge on any atom is 0.141 e. The molecule has 8 aromatic carbocycles. The average molecular weight is 1770 g/mol. The second kappa shape index (κ2) is 33.7. The van der Waals surface area contributed by atoms with E-state index in [1.807, 2.05) is 100.0 Å². The van der Waals surface area contributed by atoms with Gasteiger partial charge in [-0.1, -0.05) is 86.4 Å². The first kappa shape index (κ1) is 84.5. The molecule has 13 heterocycles. The number of benzene rings is 8. The molecule has 0 amide bonds. The molecule has 0 saturated heterocycles. The highest BCUT2D eigenvalue weighted by molar-refractivity contribution is 6.07. The van der Waals surface area contributed by atoms with E-state index >= 15 is 0 Å². The van der Waals surface area contributed by atoms with E-state index in [0.717, 1.165) is 230 Å². The number of hydrogen-bond donors (Lipinski definition) is 5. The molecular formula is C111H106N18O5. The van der Waals surface area contributed by atoms with Crippen LogP contribution in [0.15, 0.2) is 193 Å². The van der Waals surface area contributed by atoms with Crippen LogP contribution in [0.5, 0.6) is 0 Å². The third-order valence-corrected chi connectivity index (χ3v) is 27.4. The third-order valence-electron chi connectivity index (χ3n) is 27.4. The van der Waals surface area contributed by atoms with Crippen molar-refractivity contribution in [3.05, 3.63) is 285 Å². The summed E-state index contributed by atoms with van der Waals surface area (Å²) in [6, 6.07) is 51.6. The van der Waals surface area contributed by atoms with Crippen LogP contribution in [0.2, 0.25) is 0 Å². The molecule has 0 spiro atoms. The molecule has 21 aromatic rings. The lowest BCUT2D eigenvalue weighted by Gasteiger charge is -2.13. The van der Waals surface area contributed by atoms with Crippen LogP contribution in [-0.4, -0.2) is 90.2 Å². The first-order chi connectivity index (χ1) is 65.0. The molecule has 0 bridgehead atoms. The number of rotatable bonds is 15. The Kier molecular flexibility index (Phi) is 21.2. The van der Waals surface area contributed by atoms with E-state index < -0.39 is 0 Å². The summed E-state index contributed by atoms with van der Waals surface area (Å²) in [6.45, 7) is 30.5. The summed E-state index contributed by atoms with van der Waals surface area (Å²) < 4.78 is 29.3. The fraction of sp³-hybridized carbons (Fsp3) is 0.279. The van der Waals surface area contributed by atoms with Crippen LogP contribution < -0.4 is 0 Å².